The van der Waals surface area contributed by atoms with Crippen molar-refractivity contribution in [1.29, 1.82) is 0 Å². The predicted molar refractivity (Wildman–Crippen MR) is 63.9 cm³/mol. The van der Waals surface area contributed by atoms with Gasteiger partial charge in [-0.1, -0.05) is 24.3 Å². The molecule has 0 radical (unpaired) electrons. The molecule has 1 aliphatic rings. The van der Waals surface area contributed by atoms with Crippen LogP contribution in [0.5, 0.6) is 0 Å². The molecule has 1 N–H and O–H groups in total. The number of nitrogens with one attached hydrogen (secondary N) is 1. The van der Waals surface area contributed by atoms with Crippen LogP contribution < -0.4 is 5.32 Å². The van der Waals surface area contributed by atoms with Gasteiger partial charge in [0.2, 0.25) is 0 Å². The van der Waals surface area contributed by atoms with E-state index >= 15 is 0 Å². The molecule has 1 saturated heterocycles. The van der Waals surface area contributed by atoms with Crippen LogP contribution in [0.3, 0.4) is 0 Å². The van der Waals surface area contributed by atoms with E-state index in [1.54, 1.807) is 0 Å². The Morgan fingerprint density at radius 2 is 2.07 bits per heavy atom. The van der Waals surface area contributed by atoms with E-state index < -0.39 is 0 Å². The number of nitrogens with zero attached hydrogens (tertiary/aromatic N) is 1. The van der Waals surface area contributed by atoms with Gasteiger partial charge in [0.15, 0.2) is 0 Å². The fourth-order valence-corrected chi connectivity index (χ4v) is 2.06. The fourth-order valence-electron chi connectivity index (χ4n) is 2.06. The minimum Gasteiger partial charge on any atom is -0.316 e. The SMILES string of the molecule is Cc1ccccc1CN(C)CC1CNC1. The first-order chi connectivity index (χ1) is 7.25. The van der Waals surface area contributed by atoms with Crippen LogP contribution >= 0.6 is 0 Å². The first-order valence-corrected chi connectivity index (χ1v) is 5.69. The van der Waals surface area contributed by atoms with Crippen LogP contribution in [-0.4, -0.2) is 31.6 Å². The summed E-state index contributed by atoms with van der Waals surface area (Å²) in [5.74, 6) is 0.860. The molecule has 2 nitrogen and oxygen atoms in total. The van der Waals surface area contributed by atoms with E-state index in [2.05, 4.69) is 48.5 Å². The van der Waals surface area contributed by atoms with Gasteiger partial charge in [-0.05, 0) is 31.0 Å². The number of aryl methyl sites for hydroxylation is 1. The maximum Gasteiger partial charge on any atom is 0.0233 e. The molecule has 82 valence electrons. The molecule has 2 rings (SSSR count). The minimum absolute atomic E-state index is 0.860. The Morgan fingerprint density at radius 1 is 1.33 bits per heavy atom. The molecule has 15 heavy (non-hydrogen) atoms. The van der Waals surface area contributed by atoms with E-state index in [1.807, 2.05) is 0 Å². The van der Waals surface area contributed by atoms with Gasteiger partial charge in [0.1, 0.15) is 0 Å². The van der Waals surface area contributed by atoms with E-state index in [1.165, 1.54) is 30.8 Å². The highest BCUT2D eigenvalue weighted by Gasteiger charge is 2.18. The largest absolute Gasteiger partial charge is 0.316 e. The number of rotatable bonds is 4. The summed E-state index contributed by atoms with van der Waals surface area (Å²) in [6.07, 6.45) is 0. The first kappa shape index (κ1) is 10.7. The van der Waals surface area contributed by atoms with E-state index in [0.29, 0.717) is 0 Å². The van der Waals surface area contributed by atoms with Crippen molar-refractivity contribution in [1.82, 2.24) is 10.2 Å². The molecule has 0 amide bonds. The Morgan fingerprint density at radius 3 is 2.67 bits per heavy atom. The molecule has 0 atom stereocenters. The van der Waals surface area contributed by atoms with Gasteiger partial charge >= 0.3 is 0 Å². The molecule has 0 saturated carbocycles. The van der Waals surface area contributed by atoms with Gasteiger partial charge in [-0.2, -0.15) is 0 Å². The predicted octanol–water partition coefficient (Wildman–Crippen LogP) is 1.65. The average molecular weight is 204 g/mol. The standard InChI is InChI=1S/C13H20N2/c1-11-5-3-4-6-13(11)10-15(2)9-12-7-14-8-12/h3-6,12,14H,7-10H2,1-2H3. The topological polar surface area (TPSA) is 15.3 Å². The number of benzene rings is 1. The van der Waals surface area contributed by atoms with Crippen molar-refractivity contribution in [3.63, 3.8) is 0 Å². The molecule has 1 fully saturated rings. The van der Waals surface area contributed by atoms with E-state index in [4.69, 9.17) is 0 Å². The van der Waals surface area contributed by atoms with Crippen LogP contribution in [-0.2, 0) is 6.54 Å². The third kappa shape index (κ3) is 2.80. The second-order valence-corrected chi connectivity index (χ2v) is 4.65. The zero-order valence-corrected chi connectivity index (χ0v) is 9.66. The monoisotopic (exact) mass is 204 g/mol. The molecular formula is C13H20N2. The molecule has 0 unspecified atom stereocenters. The van der Waals surface area contributed by atoms with Crippen molar-refractivity contribution in [2.24, 2.45) is 5.92 Å². The first-order valence-electron chi connectivity index (χ1n) is 5.69. The summed E-state index contributed by atoms with van der Waals surface area (Å²) in [5.41, 5.74) is 2.85. The van der Waals surface area contributed by atoms with Crippen LogP contribution in [0.15, 0.2) is 24.3 Å². The molecule has 1 aliphatic heterocycles. The Hall–Kier alpha value is -0.860. The molecule has 0 aromatic heterocycles. The van der Waals surface area contributed by atoms with E-state index in [0.717, 1.165) is 12.5 Å². The van der Waals surface area contributed by atoms with Crippen molar-refractivity contribution in [3.05, 3.63) is 35.4 Å². The van der Waals surface area contributed by atoms with Crippen LogP contribution in [0, 0.1) is 12.8 Å². The van der Waals surface area contributed by atoms with Crippen molar-refractivity contribution < 1.29 is 0 Å². The summed E-state index contributed by atoms with van der Waals surface area (Å²) in [4.78, 5) is 2.42. The van der Waals surface area contributed by atoms with Gasteiger partial charge in [0, 0.05) is 26.2 Å². The molecular weight excluding hydrogens is 184 g/mol. The molecule has 1 aromatic carbocycles. The summed E-state index contributed by atoms with van der Waals surface area (Å²) in [7, 11) is 2.21. The zero-order valence-electron chi connectivity index (χ0n) is 9.66. The van der Waals surface area contributed by atoms with Crippen LogP contribution in [0.1, 0.15) is 11.1 Å². The van der Waals surface area contributed by atoms with Gasteiger partial charge in [0.25, 0.3) is 0 Å². The summed E-state index contributed by atoms with van der Waals surface area (Å²) in [5, 5.41) is 3.32. The van der Waals surface area contributed by atoms with E-state index in [-0.39, 0.29) is 0 Å². The maximum atomic E-state index is 3.32. The average Bonchev–Trinajstić information content (AvgIpc) is 2.16. The fraction of sp³-hybridized carbons (Fsp3) is 0.538. The Labute approximate surface area is 92.3 Å². The molecule has 0 bridgehead atoms. The van der Waals surface area contributed by atoms with Crippen molar-refractivity contribution >= 4 is 0 Å². The highest BCUT2D eigenvalue weighted by Crippen LogP contribution is 2.11. The minimum atomic E-state index is 0.860. The Balaban J connectivity index is 1.87. The van der Waals surface area contributed by atoms with Gasteiger partial charge in [0.05, 0.1) is 0 Å². The van der Waals surface area contributed by atoms with Crippen LogP contribution in [0.2, 0.25) is 0 Å². The molecule has 1 heterocycles. The highest BCUT2D eigenvalue weighted by molar-refractivity contribution is 5.25. The number of hydrogen-bond donors (Lipinski definition) is 1. The molecule has 1 aromatic rings. The molecule has 0 aliphatic carbocycles. The lowest BCUT2D eigenvalue weighted by Crippen LogP contribution is -2.47. The summed E-state index contributed by atoms with van der Waals surface area (Å²) in [6, 6.07) is 8.65. The van der Waals surface area contributed by atoms with Gasteiger partial charge in [-0.25, -0.2) is 0 Å². The van der Waals surface area contributed by atoms with Crippen molar-refractivity contribution in [2.45, 2.75) is 13.5 Å². The lowest BCUT2D eigenvalue weighted by molar-refractivity contribution is 0.218. The summed E-state index contributed by atoms with van der Waals surface area (Å²) in [6.45, 7) is 6.86. The Kier molecular flexibility index (Phi) is 3.39. The van der Waals surface area contributed by atoms with E-state index in [9.17, 15) is 0 Å². The van der Waals surface area contributed by atoms with Gasteiger partial charge < -0.3 is 10.2 Å². The van der Waals surface area contributed by atoms with Crippen molar-refractivity contribution in [3.8, 4) is 0 Å². The van der Waals surface area contributed by atoms with Gasteiger partial charge in [-0.3, -0.25) is 0 Å². The lowest BCUT2D eigenvalue weighted by atomic mass is 10.0. The van der Waals surface area contributed by atoms with Crippen LogP contribution in [0.25, 0.3) is 0 Å². The molecule has 0 spiro atoms. The van der Waals surface area contributed by atoms with Gasteiger partial charge in [-0.15, -0.1) is 0 Å². The van der Waals surface area contributed by atoms with Crippen molar-refractivity contribution in [2.75, 3.05) is 26.7 Å². The lowest BCUT2D eigenvalue weighted by Gasteiger charge is -2.31. The summed E-state index contributed by atoms with van der Waals surface area (Å²) < 4.78 is 0. The highest BCUT2D eigenvalue weighted by atomic mass is 15.1. The summed E-state index contributed by atoms with van der Waals surface area (Å²) >= 11 is 0. The normalized spacial score (nSPS) is 16.7. The quantitative estimate of drug-likeness (QED) is 0.802. The maximum absolute atomic E-state index is 3.32. The second-order valence-electron chi connectivity index (χ2n) is 4.65. The Bertz CT molecular complexity index is 318. The third-order valence-electron chi connectivity index (χ3n) is 3.14. The zero-order chi connectivity index (χ0) is 10.7. The third-order valence-corrected chi connectivity index (χ3v) is 3.14. The van der Waals surface area contributed by atoms with Crippen LogP contribution in [0.4, 0.5) is 0 Å². The smallest absolute Gasteiger partial charge is 0.0233 e. The number of hydrogen-bond acceptors (Lipinski definition) is 2. The molecule has 2 heteroatoms. The second kappa shape index (κ2) is 4.77.